The van der Waals surface area contributed by atoms with Gasteiger partial charge in [0.1, 0.15) is 0 Å². The van der Waals surface area contributed by atoms with E-state index >= 15 is 0 Å². The number of piperidine rings is 1. The number of hydrogen-bond donors (Lipinski definition) is 1. The summed E-state index contributed by atoms with van der Waals surface area (Å²) in [5, 5.41) is 7.38. The van der Waals surface area contributed by atoms with Crippen molar-refractivity contribution in [1.82, 2.24) is 20.0 Å². The lowest BCUT2D eigenvalue weighted by atomic mass is 9.96. The molecule has 2 fully saturated rings. The van der Waals surface area contributed by atoms with Gasteiger partial charge in [0.2, 0.25) is 11.8 Å². The van der Waals surface area contributed by atoms with Crippen molar-refractivity contribution in [3.8, 4) is 11.3 Å². The Morgan fingerprint density at radius 2 is 2.04 bits per heavy atom. The standard InChI is InChI=1S/C20H24N4O2/c1-23(13-16-11-18(22-21-16)14-5-3-2-4-6-14)20(26)15-7-10-19(25)24(12-15)17-8-9-17/h2-6,11,15,17H,7-10,12-13H2,1H3,(H,21,22). The molecule has 0 bridgehead atoms. The zero-order valence-electron chi connectivity index (χ0n) is 15.0. The van der Waals surface area contributed by atoms with E-state index in [0.717, 1.165) is 29.8 Å². The van der Waals surface area contributed by atoms with Crippen LogP contribution in [0, 0.1) is 5.92 Å². The Labute approximate surface area is 153 Å². The van der Waals surface area contributed by atoms with E-state index in [4.69, 9.17) is 0 Å². The zero-order chi connectivity index (χ0) is 18.1. The van der Waals surface area contributed by atoms with Gasteiger partial charge in [0.25, 0.3) is 0 Å². The maximum atomic E-state index is 12.8. The fourth-order valence-corrected chi connectivity index (χ4v) is 3.66. The summed E-state index contributed by atoms with van der Waals surface area (Å²) < 4.78 is 0. The van der Waals surface area contributed by atoms with E-state index < -0.39 is 0 Å². The molecule has 1 saturated heterocycles. The second kappa shape index (κ2) is 6.94. The summed E-state index contributed by atoms with van der Waals surface area (Å²) >= 11 is 0. The molecule has 1 aliphatic carbocycles. The van der Waals surface area contributed by atoms with Crippen LogP contribution in [0.3, 0.4) is 0 Å². The van der Waals surface area contributed by atoms with Crippen molar-refractivity contribution in [2.24, 2.45) is 5.92 Å². The molecular weight excluding hydrogens is 328 g/mol. The lowest BCUT2D eigenvalue weighted by molar-refractivity contribution is -0.143. The van der Waals surface area contributed by atoms with Gasteiger partial charge in [-0.25, -0.2) is 0 Å². The molecule has 2 heterocycles. The number of likely N-dealkylation sites (tertiary alicyclic amines) is 1. The van der Waals surface area contributed by atoms with Gasteiger partial charge in [-0.05, 0) is 25.3 Å². The summed E-state index contributed by atoms with van der Waals surface area (Å²) in [5.41, 5.74) is 2.84. The molecule has 1 saturated carbocycles. The second-order valence-corrected chi connectivity index (χ2v) is 7.35. The molecule has 0 radical (unpaired) electrons. The highest BCUT2D eigenvalue weighted by Crippen LogP contribution is 2.32. The van der Waals surface area contributed by atoms with E-state index in [2.05, 4.69) is 10.2 Å². The van der Waals surface area contributed by atoms with Crippen molar-refractivity contribution in [3.63, 3.8) is 0 Å². The molecule has 6 nitrogen and oxygen atoms in total. The van der Waals surface area contributed by atoms with Gasteiger partial charge in [-0.3, -0.25) is 14.7 Å². The Kier molecular flexibility index (Phi) is 4.49. The first-order valence-corrected chi connectivity index (χ1v) is 9.26. The van der Waals surface area contributed by atoms with Crippen LogP contribution in [0.2, 0.25) is 0 Å². The highest BCUT2D eigenvalue weighted by molar-refractivity contribution is 5.84. The van der Waals surface area contributed by atoms with Crippen LogP contribution in [0.15, 0.2) is 36.4 Å². The van der Waals surface area contributed by atoms with Crippen LogP contribution in [-0.4, -0.2) is 51.4 Å². The molecule has 1 unspecified atom stereocenters. The Bertz CT molecular complexity index is 797. The molecule has 26 heavy (non-hydrogen) atoms. The summed E-state index contributed by atoms with van der Waals surface area (Å²) in [4.78, 5) is 28.5. The predicted molar refractivity (Wildman–Crippen MR) is 98.0 cm³/mol. The molecule has 1 aromatic carbocycles. The fraction of sp³-hybridized carbons (Fsp3) is 0.450. The van der Waals surface area contributed by atoms with Gasteiger partial charge in [0, 0.05) is 31.6 Å². The molecular formula is C20H24N4O2. The molecule has 6 heteroatoms. The van der Waals surface area contributed by atoms with E-state index in [1.54, 1.807) is 4.90 Å². The van der Waals surface area contributed by atoms with Crippen molar-refractivity contribution in [2.45, 2.75) is 38.3 Å². The summed E-state index contributed by atoms with van der Waals surface area (Å²) in [7, 11) is 1.82. The lowest BCUT2D eigenvalue weighted by Crippen LogP contribution is -2.46. The summed E-state index contributed by atoms with van der Waals surface area (Å²) in [5.74, 6) is 0.231. The highest BCUT2D eigenvalue weighted by Gasteiger charge is 2.39. The molecule has 2 aliphatic rings. The van der Waals surface area contributed by atoms with Crippen LogP contribution >= 0.6 is 0 Å². The van der Waals surface area contributed by atoms with Crippen molar-refractivity contribution in [1.29, 1.82) is 0 Å². The number of H-pyrrole nitrogens is 1. The van der Waals surface area contributed by atoms with Crippen molar-refractivity contribution < 1.29 is 9.59 Å². The molecule has 1 N–H and O–H groups in total. The SMILES string of the molecule is CN(Cc1cc(-c2ccccc2)n[nH]1)C(=O)C1CCC(=O)N(C2CC2)C1. The van der Waals surface area contributed by atoms with Crippen LogP contribution in [-0.2, 0) is 16.1 Å². The topological polar surface area (TPSA) is 69.3 Å². The zero-order valence-corrected chi connectivity index (χ0v) is 15.0. The number of nitrogens with one attached hydrogen (secondary N) is 1. The predicted octanol–water partition coefficient (Wildman–Crippen LogP) is 2.44. The number of aromatic amines is 1. The van der Waals surface area contributed by atoms with Crippen LogP contribution < -0.4 is 0 Å². The number of benzene rings is 1. The largest absolute Gasteiger partial charge is 0.340 e. The molecule has 136 valence electrons. The number of nitrogens with zero attached hydrogens (tertiary/aromatic N) is 3. The van der Waals surface area contributed by atoms with Crippen molar-refractivity contribution >= 4 is 11.8 Å². The van der Waals surface area contributed by atoms with E-state index in [9.17, 15) is 9.59 Å². The summed E-state index contributed by atoms with van der Waals surface area (Å²) in [6.07, 6.45) is 3.31. The van der Waals surface area contributed by atoms with Crippen LogP contribution in [0.5, 0.6) is 0 Å². The number of rotatable bonds is 5. The maximum Gasteiger partial charge on any atom is 0.227 e. The lowest BCUT2D eigenvalue weighted by Gasteiger charge is -2.33. The van der Waals surface area contributed by atoms with Gasteiger partial charge in [0.05, 0.1) is 23.9 Å². The van der Waals surface area contributed by atoms with Crippen LogP contribution in [0.4, 0.5) is 0 Å². The Hall–Kier alpha value is -2.63. The normalized spacial score (nSPS) is 20.3. The maximum absolute atomic E-state index is 12.8. The van der Waals surface area contributed by atoms with E-state index in [1.165, 1.54) is 0 Å². The number of amides is 2. The average molecular weight is 352 g/mol. The first-order valence-electron chi connectivity index (χ1n) is 9.26. The molecule has 2 aromatic rings. The van der Waals surface area contributed by atoms with Gasteiger partial charge < -0.3 is 9.80 Å². The van der Waals surface area contributed by atoms with E-state index in [-0.39, 0.29) is 17.7 Å². The highest BCUT2D eigenvalue weighted by atomic mass is 16.2. The number of hydrogen-bond acceptors (Lipinski definition) is 3. The van der Waals surface area contributed by atoms with Gasteiger partial charge in [0.15, 0.2) is 0 Å². The molecule has 0 spiro atoms. The second-order valence-electron chi connectivity index (χ2n) is 7.35. The third-order valence-electron chi connectivity index (χ3n) is 5.27. The minimum atomic E-state index is -0.0881. The molecule has 1 aliphatic heterocycles. The van der Waals surface area contributed by atoms with E-state index in [0.29, 0.717) is 32.0 Å². The average Bonchev–Trinajstić information content (AvgIpc) is 3.41. The van der Waals surface area contributed by atoms with Crippen LogP contribution in [0.1, 0.15) is 31.4 Å². The summed E-state index contributed by atoms with van der Waals surface area (Å²) in [6.45, 7) is 1.07. The van der Waals surface area contributed by atoms with Crippen LogP contribution in [0.25, 0.3) is 11.3 Å². The number of carbonyl (C=O) groups excluding carboxylic acids is 2. The molecule has 4 rings (SSSR count). The Morgan fingerprint density at radius 1 is 1.27 bits per heavy atom. The van der Waals surface area contributed by atoms with Crippen molar-refractivity contribution in [3.05, 3.63) is 42.1 Å². The Balaban J connectivity index is 1.38. The van der Waals surface area contributed by atoms with Crippen molar-refractivity contribution in [2.75, 3.05) is 13.6 Å². The third kappa shape index (κ3) is 3.49. The Morgan fingerprint density at radius 3 is 2.77 bits per heavy atom. The van der Waals surface area contributed by atoms with E-state index in [1.807, 2.05) is 48.3 Å². The fourth-order valence-electron chi connectivity index (χ4n) is 3.66. The van der Waals surface area contributed by atoms with Gasteiger partial charge in [-0.15, -0.1) is 0 Å². The third-order valence-corrected chi connectivity index (χ3v) is 5.27. The first-order chi connectivity index (χ1) is 12.6. The first kappa shape index (κ1) is 16.8. The monoisotopic (exact) mass is 352 g/mol. The smallest absolute Gasteiger partial charge is 0.227 e. The number of carbonyl (C=O) groups is 2. The molecule has 1 aromatic heterocycles. The van der Waals surface area contributed by atoms with Gasteiger partial charge in [-0.1, -0.05) is 30.3 Å². The molecule has 2 amide bonds. The quantitative estimate of drug-likeness (QED) is 0.898. The number of aromatic nitrogens is 2. The minimum absolute atomic E-state index is 0.0881. The summed E-state index contributed by atoms with van der Waals surface area (Å²) in [6, 6.07) is 12.3. The van der Waals surface area contributed by atoms with Gasteiger partial charge in [-0.2, -0.15) is 5.10 Å². The molecule has 1 atom stereocenters. The minimum Gasteiger partial charge on any atom is -0.340 e. The van der Waals surface area contributed by atoms with Gasteiger partial charge >= 0.3 is 0 Å².